The van der Waals surface area contributed by atoms with Crippen molar-refractivity contribution in [2.45, 2.75) is 19.4 Å². The molecule has 5 nitrogen and oxygen atoms in total. The van der Waals surface area contributed by atoms with Gasteiger partial charge in [0, 0.05) is 12.1 Å². The number of methoxy groups -OCH3 is 1. The first-order valence-electron chi connectivity index (χ1n) is 7.26. The molecule has 23 heavy (non-hydrogen) atoms. The van der Waals surface area contributed by atoms with E-state index in [0.29, 0.717) is 12.1 Å². The van der Waals surface area contributed by atoms with E-state index in [0.717, 1.165) is 16.9 Å². The Balaban J connectivity index is 1.93. The summed E-state index contributed by atoms with van der Waals surface area (Å²) in [6.07, 6.45) is 0.166. The summed E-state index contributed by atoms with van der Waals surface area (Å²) in [5.74, 6) is -0.276. The van der Waals surface area contributed by atoms with Crippen LogP contribution >= 0.6 is 0 Å². The van der Waals surface area contributed by atoms with E-state index >= 15 is 0 Å². The van der Waals surface area contributed by atoms with Gasteiger partial charge in [-0.2, -0.15) is 0 Å². The summed E-state index contributed by atoms with van der Waals surface area (Å²) in [5, 5.41) is 11.7. The SMILES string of the molecule is COc1ccccc1CNC(=O)Cc1cccc(CC(=O)O)c1. The smallest absolute Gasteiger partial charge is 0.307 e. The number of rotatable bonds is 7. The molecular formula is C18H19NO4. The van der Waals surface area contributed by atoms with Crippen molar-refractivity contribution in [2.24, 2.45) is 0 Å². The Morgan fingerprint density at radius 1 is 1.04 bits per heavy atom. The highest BCUT2D eigenvalue weighted by molar-refractivity contribution is 5.78. The van der Waals surface area contributed by atoms with Crippen LogP contribution in [-0.2, 0) is 29.0 Å². The van der Waals surface area contributed by atoms with Crippen LogP contribution < -0.4 is 10.1 Å². The maximum absolute atomic E-state index is 12.1. The van der Waals surface area contributed by atoms with E-state index in [4.69, 9.17) is 9.84 Å². The summed E-state index contributed by atoms with van der Waals surface area (Å²) >= 11 is 0. The zero-order chi connectivity index (χ0) is 16.7. The van der Waals surface area contributed by atoms with Crippen molar-refractivity contribution in [3.8, 4) is 5.75 Å². The van der Waals surface area contributed by atoms with Gasteiger partial charge in [0.25, 0.3) is 0 Å². The van der Waals surface area contributed by atoms with Gasteiger partial charge in [-0.05, 0) is 17.2 Å². The molecule has 0 spiro atoms. The summed E-state index contributed by atoms with van der Waals surface area (Å²) in [6, 6.07) is 14.6. The second kappa shape index (κ2) is 7.98. The first-order chi connectivity index (χ1) is 11.1. The molecule has 120 valence electrons. The highest BCUT2D eigenvalue weighted by atomic mass is 16.5. The van der Waals surface area contributed by atoms with Crippen molar-refractivity contribution < 1.29 is 19.4 Å². The van der Waals surface area contributed by atoms with Gasteiger partial charge >= 0.3 is 5.97 Å². The number of amides is 1. The molecule has 0 aliphatic heterocycles. The minimum atomic E-state index is -0.886. The molecule has 0 unspecified atom stereocenters. The molecule has 0 saturated heterocycles. The lowest BCUT2D eigenvalue weighted by Gasteiger charge is -2.10. The highest BCUT2D eigenvalue weighted by Gasteiger charge is 2.07. The van der Waals surface area contributed by atoms with Crippen molar-refractivity contribution >= 4 is 11.9 Å². The lowest BCUT2D eigenvalue weighted by molar-refractivity contribution is -0.136. The number of carbonyl (C=O) groups is 2. The maximum atomic E-state index is 12.1. The Hall–Kier alpha value is -2.82. The number of benzene rings is 2. The number of nitrogens with one attached hydrogen (secondary N) is 1. The van der Waals surface area contributed by atoms with Crippen LogP contribution in [-0.4, -0.2) is 24.1 Å². The zero-order valence-corrected chi connectivity index (χ0v) is 12.9. The fraction of sp³-hybridized carbons (Fsp3) is 0.222. The molecule has 2 aromatic carbocycles. The molecule has 0 heterocycles. The Morgan fingerprint density at radius 2 is 1.74 bits per heavy atom. The number of hydrogen-bond donors (Lipinski definition) is 2. The first-order valence-corrected chi connectivity index (χ1v) is 7.26. The number of carboxylic acid groups (broad SMARTS) is 1. The van der Waals surface area contributed by atoms with Crippen LogP contribution in [0.2, 0.25) is 0 Å². The van der Waals surface area contributed by atoms with E-state index < -0.39 is 5.97 Å². The van der Waals surface area contributed by atoms with Gasteiger partial charge in [-0.1, -0.05) is 42.5 Å². The van der Waals surface area contributed by atoms with E-state index in [-0.39, 0.29) is 18.7 Å². The Morgan fingerprint density at radius 3 is 2.43 bits per heavy atom. The van der Waals surface area contributed by atoms with Crippen molar-refractivity contribution in [2.75, 3.05) is 7.11 Å². The van der Waals surface area contributed by atoms with Crippen LogP contribution in [0.4, 0.5) is 0 Å². The average molecular weight is 313 g/mol. The summed E-state index contributed by atoms with van der Waals surface area (Å²) < 4.78 is 5.24. The molecule has 5 heteroatoms. The molecule has 0 aliphatic carbocycles. The van der Waals surface area contributed by atoms with Gasteiger partial charge in [0.05, 0.1) is 20.0 Å². The monoisotopic (exact) mass is 313 g/mol. The van der Waals surface area contributed by atoms with Gasteiger partial charge < -0.3 is 15.2 Å². The van der Waals surface area contributed by atoms with Crippen LogP contribution in [0.15, 0.2) is 48.5 Å². The molecular weight excluding hydrogens is 294 g/mol. The topological polar surface area (TPSA) is 75.6 Å². The molecule has 2 rings (SSSR count). The summed E-state index contributed by atoms with van der Waals surface area (Å²) in [6.45, 7) is 0.387. The summed E-state index contributed by atoms with van der Waals surface area (Å²) in [5.41, 5.74) is 2.39. The molecule has 2 aromatic rings. The van der Waals surface area contributed by atoms with Crippen LogP contribution in [0.3, 0.4) is 0 Å². The average Bonchev–Trinajstić information content (AvgIpc) is 2.53. The molecule has 0 aliphatic rings. The third-order valence-corrected chi connectivity index (χ3v) is 3.38. The van der Waals surface area contributed by atoms with Crippen LogP contribution in [0.25, 0.3) is 0 Å². The predicted octanol–water partition coefficient (Wildman–Crippen LogP) is 2.18. The quantitative estimate of drug-likeness (QED) is 0.821. The van der Waals surface area contributed by atoms with Crippen molar-refractivity contribution in [3.05, 3.63) is 65.2 Å². The lowest BCUT2D eigenvalue weighted by Crippen LogP contribution is -2.24. The highest BCUT2D eigenvalue weighted by Crippen LogP contribution is 2.16. The predicted molar refractivity (Wildman–Crippen MR) is 86.3 cm³/mol. The zero-order valence-electron chi connectivity index (χ0n) is 12.9. The van der Waals surface area contributed by atoms with Gasteiger partial charge in [0.15, 0.2) is 0 Å². The minimum Gasteiger partial charge on any atom is -0.496 e. The molecule has 0 aromatic heterocycles. The van der Waals surface area contributed by atoms with E-state index in [2.05, 4.69) is 5.32 Å². The van der Waals surface area contributed by atoms with E-state index in [1.165, 1.54) is 0 Å². The lowest BCUT2D eigenvalue weighted by atomic mass is 10.1. The largest absolute Gasteiger partial charge is 0.496 e. The van der Waals surface area contributed by atoms with Crippen LogP contribution in [0.1, 0.15) is 16.7 Å². The van der Waals surface area contributed by atoms with Gasteiger partial charge in [-0.25, -0.2) is 0 Å². The summed E-state index contributed by atoms with van der Waals surface area (Å²) in [4.78, 5) is 22.8. The maximum Gasteiger partial charge on any atom is 0.307 e. The standard InChI is InChI=1S/C18H19NO4/c1-23-16-8-3-2-7-15(16)12-19-17(20)10-13-5-4-6-14(9-13)11-18(21)22/h2-9H,10-12H2,1H3,(H,19,20)(H,21,22). The number of carbonyl (C=O) groups excluding carboxylic acids is 1. The Kier molecular flexibility index (Phi) is 5.74. The fourth-order valence-corrected chi connectivity index (χ4v) is 2.31. The van der Waals surface area contributed by atoms with E-state index in [9.17, 15) is 9.59 Å². The first kappa shape index (κ1) is 16.5. The fourth-order valence-electron chi connectivity index (χ4n) is 2.31. The molecule has 0 radical (unpaired) electrons. The molecule has 0 bridgehead atoms. The van der Waals surface area contributed by atoms with Crippen molar-refractivity contribution in [1.29, 1.82) is 0 Å². The third-order valence-electron chi connectivity index (χ3n) is 3.38. The molecule has 0 saturated carbocycles. The molecule has 0 atom stereocenters. The van der Waals surface area contributed by atoms with Gasteiger partial charge in [-0.15, -0.1) is 0 Å². The Bertz CT molecular complexity index is 697. The second-order valence-corrected chi connectivity index (χ2v) is 5.16. The number of hydrogen-bond acceptors (Lipinski definition) is 3. The molecule has 1 amide bonds. The molecule has 0 fully saturated rings. The van der Waals surface area contributed by atoms with E-state index in [1.807, 2.05) is 30.3 Å². The number of carboxylic acids is 1. The third kappa shape index (κ3) is 5.14. The summed E-state index contributed by atoms with van der Waals surface area (Å²) in [7, 11) is 1.59. The normalized spacial score (nSPS) is 10.1. The second-order valence-electron chi connectivity index (χ2n) is 5.16. The Labute approximate surface area is 134 Å². The number of ether oxygens (including phenoxy) is 1. The van der Waals surface area contributed by atoms with Gasteiger partial charge in [-0.3, -0.25) is 9.59 Å². The van der Waals surface area contributed by atoms with Crippen molar-refractivity contribution in [1.82, 2.24) is 5.32 Å². The van der Waals surface area contributed by atoms with Crippen molar-refractivity contribution in [3.63, 3.8) is 0 Å². The van der Waals surface area contributed by atoms with Gasteiger partial charge in [0.2, 0.25) is 5.91 Å². The van der Waals surface area contributed by atoms with Crippen LogP contribution in [0, 0.1) is 0 Å². The van der Waals surface area contributed by atoms with E-state index in [1.54, 1.807) is 25.3 Å². The minimum absolute atomic E-state index is 0.0450. The molecule has 2 N–H and O–H groups in total. The van der Waals surface area contributed by atoms with Gasteiger partial charge in [0.1, 0.15) is 5.75 Å². The van der Waals surface area contributed by atoms with Crippen LogP contribution in [0.5, 0.6) is 5.75 Å². The number of aliphatic carboxylic acids is 1. The number of para-hydroxylation sites is 1.